The maximum atomic E-state index is 15.3. The summed E-state index contributed by atoms with van der Waals surface area (Å²) in [5.74, 6) is -0.469. The van der Waals surface area contributed by atoms with Crippen molar-refractivity contribution in [3.8, 4) is 23.1 Å². The van der Waals surface area contributed by atoms with Crippen LogP contribution in [0.15, 0.2) is 30.6 Å². The molecule has 202 valence electrons. The smallest absolute Gasteiger partial charge is 0.419 e. The summed E-state index contributed by atoms with van der Waals surface area (Å²) >= 11 is 0. The van der Waals surface area contributed by atoms with E-state index in [4.69, 9.17) is 4.74 Å². The van der Waals surface area contributed by atoms with E-state index in [0.717, 1.165) is 6.07 Å². The number of halogens is 4. The highest BCUT2D eigenvalue weighted by molar-refractivity contribution is 5.84. The number of hydrogen-bond acceptors (Lipinski definition) is 6. The highest BCUT2D eigenvalue weighted by Gasteiger charge is 2.37. The van der Waals surface area contributed by atoms with Gasteiger partial charge in [0.2, 0.25) is 5.91 Å². The number of aryl methyl sites for hydroxylation is 1. The fourth-order valence-electron chi connectivity index (χ4n) is 4.43. The maximum Gasteiger partial charge on any atom is 0.419 e. The molecule has 0 bridgehead atoms. The third-order valence-corrected chi connectivity index (χ3v) is 6.82. The molecule has 0 N–H and O–H groups in total. The lowest BCUT2D eigenvalue weighted by Gasteiger charge is -2.36. The number of pyridine rings is 1. The third kappa shape index (κ3) is 5.88. The molecular weight excluding hydrogens is 504 g/mol. The van der Waals surface area contributed by atoms with Crippen molar-refractivity contribution in [1.82, 2.24) is 24.3 Å². The number of piperidine rings is 1. The number of rotatable bonds is 7. The Morgan fingerprint density at radius 3 is 2.58 bits per heavy atom. The summed E-state index contributed by atoms with van der Waals surface area (Å²) in [4.78, 5) is 23.5. The van der Waals surface area contributed by atoms with Gasteiger partial charge in [-0.15, -0.1) is 0 Å². The molecule has 0 aliphatic carbocycles. The molecule has 1 aliphatic rings. The number of hydrogen-bond donors (Lipinski definition) is 0. The van der Waals surface area contributed by atoms with Gasteiger partial charge in [-0.05, 0) is 37.1 Å². The van der Waals surface area contributed by atoms with Crippen molar-refractivity contribution in [3.05, 3.63) is 41.9 Å². The van der Waals surface area contributed by atoms with Crippen LogP contribution in [0.2, 0.25) is 0 Å². The summed E-state index contributed by atoms with van der Waals surface area (Å²) in [5.41, 5.74) is -1.30. The quantitative estimate of drug-likeness (QED) is 0.424. The third-order valence-electron chi connectivity index (χ3n) is 6.82. The van der Waals surface area contributed by atoms with Gasteiger partial charge in [0.1, 0.15) is 23.0 Å². The van der Waals surface area contributed by atoms with E-state index in [1.807, 2.05) is 11.0 Å². The largest absolute Gasteiger partial charge is 0.493 e. The van der Waals surface area contributed by atoms with Crippen LogP contribution in [0, 0.1) is 11.3 Å². The molecule has 0 atom stereocenters. The zero-order valence-electron chi connectivity index (χ0n) is 21.3. The molecule has 2 aromatic heterocycles. The number of amides is 1. The number of nitriles is 1. The van der Waals surface area contributed by atoms with Crippen molar-refractivity contribution < 1.29 is 27.1 Å². The SMILES string of the molecule is CN(C)C(=O)CN1CCC(F)(CCOc2ccc(-c3cc4c(ncn4C)c(C#N)n3)cc2C(F)(F)F)CC1. The average molecular weight is 533 g/mol. The highest BCUT2D eigenvalue weighted by Crippen LogP contribution is 2.39. The van der Waals surface area contributed by atoms with Crippen LogP contribution < -0.4 is 4.74 Å². The summed E-state index contributed by atoms with van der Waals surface area (Å²) < 4.78 is 64.2. The van der Waals surface area contributed by atoms with Gasteiger partial charge in [0.15, 0.2) is 5.69 Å². The number of nitrogens with zero attached hydrogens (tertiary/aromatic N) is 6. The zero-order valence-corrected chi connectivity index (χ0v) is 21.3. The molecule has 1 aliphatic heterocycles. The number of likely N-dealkylation sites (tertiary alicyclic amines) is 1. The molecule has 1 saturated heterocycles. The lowest BCUT2D eigenvalue weighted by atomic mass is 9.90. The molecule has 3 aromatic rings. The molecule has 4 rings (SSSR count). The van der Waals surface area contributed by atoms with Gasteiger partial charge in [0.25, 0.3) is 0 Å². The minimum Gasteiger partial charge on any atom is -0.493 e. The summed E-state index contributed by atoms with van der Waals surface area (Å²) in [6, 6.07) is 7.06. The normalized spacial score (nSPS) is 15.8. The number of carbonyl (C=O) groups excluding carboxylic acids is 1. The minimum absolute atomic E-state index is 0.0114. The van der Waals surface area contributed by atoms with E-state index in [0.29, 0.717) is 24.1 Å². The topological polar surface area (TPSA) is 87.3 Å². The Kier molecular flexibility index (Phi) is 7.60. The molecule has 0 saturated carbocycles. The monoisotopic (exact) mass is 532 g/mol. The molecule has 1 fully saturated rings. The first-order chi connectivity index (χ1) is 17.9. The van der Waals surface area contributed by atoms with E-state index >= 15 is 4.39 Å². The minimum atomic E-state index is -4.72. The van der Waals surface area contributed by atoms with E-state index in [9.17, 15) is 23.2 Å². The predicted octanol–water partition coefficient (Wildman–Crippen LogP) is 4.19. The predicted molar refractivity (Wildman–Crippen MR) is 132 cm³/mol. The average Bonchev–Trinajstić information content (AvgIpc) is 3.25. The van der Waals surface area contributed by atoms with E-state index in [2.05, 4.69) is 9.97 Å². The number of carbonyl (C=O) groups is 1. The molecule has 3 heterocycles. The molecule has 12 heteroatoms. The van der Waals surface area contributed by atoms with Crippen molar-refractivity contribution in [2.75, 3.05) is 40.3 Å². The van der Waals surface area contributed by atoms with Gasteiger partial charge in [-0.1, -0.05) is 0 Å². The molecule has 1 amide bonds. The van der Waals surface area contributed by atoms with E-state index < -0.39 is 23.2 Å². The van der Waals surface area contributed by atoms with Gasteiger partial charge in [-0.25, -0.2) is 14.4 Å². The van der Waals surface area contributed by atoms with Gasteiger partial charge < -0.3 is 14.2 Å². The maximum absolute atomic E-state index is 15.3. The number of aromatic nitrogens is 3. The van der Waals surface area contributed by atoms with Crippen molar-refractivity contribution in [1.29, 1.82) is 5.26 Å². The van der Waals surface area contributed by atoms with Crippen LogP contribution in [0.3, 0.4) is 0 Å². The Bertz CT molecular complexity index is 1370. The zero-order chi connectivity index (χ0) is 27.7. The van der Waals surface area contributed by atoms with Crippen molar-refractivity contribution in [2.45, 2.75) is 31.1 Å². The molecule has 38 heavy (non-hydrogen) atoms. The lowest BCUT2D eigenvalue weighted by Crippen LogP contribution is -2.46. The fourth-order valence-corrected chi connectivity index (χ4v) is 4.43. The van der Waals surface area contributed by atoms with Gasteiger partial charge in [0, 0.05) is 46.2 Å². The first-order valence-corrected chi connectivity index (χ1v) is 12.1. The van der Waals surface area contributed by atoms with Crippen LogP contribution in [0.5, 0.6) is 5.75 Å². The standard InChI is InChI=1S/C26H28F4N6O2/c1-34(2)23(37)15-36-9-6-25(27,7-10-36)8-11-38-22-5-4-17(12-18(22)26(28,29)30)19-13-21-24(20(14-31)33-19)32-16-35(21)3/h4-5,12-13,16H,6-11,15H2,1-3H3. The summed E-state index contributed by atoms with van der Waals surface area (Å²) in [6.07, 6.45) is -2.94. The van der Waals surface area contributed by atoms with Crippen molar-refractivity contribution >= 4 is 16.9 Å². The first-order valence-electron chi connectivity index (χ1n) is 12.1. The van der Waals surface area contributed by atoms with Gasteiger partial charge in [0.05, 0.1) is 36.3 Å². The van der Waals surface area contributed by atoms with Crippen LogP contribution in [0.1, 0.15) is 30.5 Å². The number of imidazole rings is 1. The van der Waals surface area contributed by atoms with Crippen LogP contribution in [0.4, 0.5) is 17.6 Å². The summed E-state index contributed by atoms with van der Waals surface area (Å²) in [7, 11) is 5.03. The number of ether oxygens (including phenoxy) is 1. The van der Waals surface area contributed by atoms with Gasteiger partial charge in [-0.3, -0.25) is 9.69 Å². The van der Waals surface area contributed by atoms with Crippen molar-refractivity contribution in [3.63, 3.8) is 0 Å². The molecule has 1 aromatic carbocycles. The van der Waals surface area contributed by atoms with Crippen LogP contribution >= 0.6 is 0 Å². The molecule has 0 unspecified atom stereocenters. The molecular formula is C26H28F4N6O2. The fraction of sp³-hybridized carbons (Fsp3) is 0.462. The lowest BCUT2D eigenvalue weighted by molar-refractivity contribution is -0.139. The second-order valence-electron chi connectivity index (χ2n) is 9.71. The van der Waals surface area contributed by atoms with Gasteiger partial charge in [-0.2, -0.15) is 18.4 Å². The molecule has 0 radical (unpaired) electrons. The van der Waals surface area contributed by atoms with Crippen LogP contribution in [-0.4, -0.2) is 76.2 Å². The van der Waals surface area contributed by atoms with Crippen LogP contribution in [0.25, 0.3) is 22.3 Å². The van der Waals surface area contributed by atoms with E-state index in [-0.39, 0.29) is 55.3 Å². The summed E-state index contributed by atoms with van der Waals surface area (Å²) in [5, 5.41) is 9.43. The Hall–Kier alpha value is -3.72. The number of alkyl halides is 4. The van der Waals surface area contributed by atoms with E-state index in [1.165, 1.54) is 23.4 Å². The number of fused-ring (bicyclic) bond motifs is 1. The van der Waals surface area contributed by atoms with Crippen LogP contribution in [-0.2, 0) is 18.0 Å². The van der Waals surface area contributed by atoms with Crippen molar-refractivity contribution in [2.24, 2.45) is 7.05 Å². The second-order valence-corrected chi connectivity index (χ2v) is 9.71. The highest BCUT2D eigenvalue weighted by atomic mass is 19.4. The Morgan fingerprint density at radius 1 is 1.24 bits per heavy atom. The Morgan fingerprint density at radius 2 is 1.95 bits per heavy atom. The Labute approximate surface area is 217 Å². The first kappa shape index (κ1) is 27.3. The Balaban J connectivity index is 1.47. The second kappa shape index (κ2) is 10.6. The molecule has 8 nitrogen and oxygen atoms in total. The van der Waals surface area contributed by atoms with Gasteiger partial charge >= 0.3 is 6.18 Å². The number of benzene rings is 1. The summed E-state index contributed by atoms with van der Waals surface area (Å²) in [6.45, 7) is 0.751. The number of likely N-dealkylation sites (N-methyl/N-ethyl adjacent to an activating group) is 1. The molecule has 0 spiro atoms. The van der Waals surface area contributed by atoms with E-state index in [1.54, 1.807) is 31.8 Å².